The Balaban J connectivity index is 1.90. The summed E-state index contributed by atoms with van der Waals surface area (Å²) in [5, 5.41) is 11.7. The van der Waals surface area contributed by atoms with Gasteiger partial charge in [0.05, 0.1) is 30.0 Å². The molecule has 4 rings (SSSR count). The first-order chi connectivity index (χ1) is 12.6. The lowest BCUT2D eigenvalue weighted by molar-refractivity contribution is 0.0187. The molecule has 4 heterocycles. The molecular formula is C19H21N3O3S. The summed E-state index contributed by atoms with van der Waals surface area (Å²) < 4.78 is 7.59. The molecule has 26 heavy (non-hydrogen) atoms. The smallest absolute Gasteiger partial charge is 0.336 e. The summed E-state index contributed by atoms with van der Waals surface area (Å²) >= 11 is 1.55. The molecular weight excluding hydrogens is 350 g/mol. The fourth-order valence-corrected chi connectivity index (χ4v) is 4.31. The van der Waals surface area contributed by atoms with Crippen molar-refractivity contribution in [2.24, 2.45) is 0 Å². The topological polar surface area (TPSA) is 67.1 Å². The van der Waals surface area contributed by atoms with Crippen LogP contribution in [0, 0.1) is 6.92 Å². The molecule has 1 saturated heterocycles. The number of morpholine rings is 1. The van der Waals surface area contributed by atoms with E-state index in [1.165, 1.54) is 0 Å². The number of ether oxygens (including phenoxy) is 1. The van der Waals surface area contributed by atoms with Crippen LogP contribution in [0.4, 0.5) is 0 Å². The van der Waals surface area contributed by atoms with Crippen molar-refractivity contribution in [1.29, 1.82) is 0 Å². The van der Waals surface area contributed by atoms with E-state index in [-0.39, 0.29) is 6.04 Å². The number of carboxylic acids is 1. The molecule has 0 saturated carbocycles. The number of aromatic nitrogens is 2. The van der Waals surface area contributed by atoms with Gasteiger partial charge in [-0.25, -0.2) is 9.78 Å². The van der Waals surface area contributed by atoms with Crippen LogP contribution in [-0.2, 0) is 4.74 Å². The zero-order valence-electron chi connectivity index (χ0n) is 14.8. The zero-order chi connectivity index (χ0) is 18.3. The minimum atomic E-state index is -0.892. The fraction of sp³-hybridized carbons (Fsp3) is 0.368. The van der Waals surface area contributed by atoms with Gasteiger partial charge < -0.3 is 14.2 Å². The Morgan fingerprint density at radius 3 is 2.77 bits per heavy atom. The quantitative estimate of drug-likeness (QED) is 0.761. The molecule has 6 nitrogen and oxygen atoms in total. The van der Waals surface area contributed by atoms with Gasteiger partial charge in [0, 0.05) is 47.5 Å². The number of carboxylic acid groups (broad SMARTS) is 1. The number of hydrogen-bond acceptors (Lipinski definition) is 5. The number of rotatable bonds is 4. The van der Waals surface area contributed by atoms with E-state index in [1.807, 2.05) is 23.9 Å². The van der Waals surface area contributed by atoms with E-state index in [1.54, 1.807) is 17.4 Å². The van der Waals surface area contributed by atoms with E-state index >= 15 is 0 Å². The van der Waals surface area contributed by atoms with Gasteiger partial charge in [0.25, 0.3) is 0 Å². The Kier molecular flexibility index (Phi) is 4.52. The average Bonchev–Trinajstić information content (AvgIpc) is 3.30. The summed E-state index contributed by atoms with van der Waals surface area (Å²) in [6, 6.07) is 3.86. The van der Waals surface area contributed by atoms with E-state index in [2.05, 4.69) is 27.4 Å². The number of aromatic carboxylic acids is 1. The number of hydrogen-bond donors (Lipinski definition) is 1. The molecule has 0 aliphatic carbocycles. The zero-order valence-corrected chi connectivity index (χ0v) is 15.6. The van der Waals surface area contributed by atoms with Gasteiger partial charge in [-0.05, 0) is 31.5 Å². The number of thiazole rings is 1. The molecule has 3 aromatic rings. The molecule has 7 heteroatoms. The summed E-state index contributed by atoms with van der Waals surface area (Å²) in [5.74, 6) is -0.892. The third-order valence-electron chi connectivity index (χ3n) is 5.14. The van der Waals surface area contributed by atoms with Crippen LogP contribution in [0.5, 0.6) is 0 Å². The van der Waals surface area contributed by atoms with Crippen LogP contribution in [0.3, 0.4) is 0 Å². The lowest BCUT2D eigenvalue weighted by Gasteiger charge is -2.33. The molecule has 1 atom stereocenters. The Morgan fingerprint density at radius 2 is 2.12 bits per heavy atom. The van der Waals surface area contributed by atoms with Crippen LogP contribution < -0.4 is 0 Å². The first kappa shape index (κ1) is 17.2. The summed E-state index contributed by atoms with van der Waals surface area (Å²) in [5.41, 5.74) is 6.79. The van der Waals surface area contributed by atoms with Crippen molar-refractivity contribution in [3.8, 4) is 11.3 Å². The van der Waals surface area contributed by atoms with Crippen molar-refractivity contribution in [3.05, 3.63) is 46.0 Å². The number of fused-ring (bicyclic) bond motifs is 1. The lowest BCUT2D eigenvalue weighted by Crippen LogP contribution is -2.39. The van der Waals surface area contributed by atoms with Crippen molar-refractivity contribution < 1.29 is 14.6 Å². The molecule has 3 aromatic heterocycles. The first-order valence-electron chi connectivity index (χ1n) is 8.65. The minimum Gasteiger partial charge on any atom is -0.478 e. The summed E-state index contributed by atoms with van der Waals surface area (Å²) in [4.78, 5) is 18.5. The Morgan fingerprint density at radius 1 is 1.35 bits per heavy atom. The Bertz CT molecular complexity index is 943. The van der Waals surface area contributed by atoms with Gasteiger partial charge in [0.2, 0.25) is 0 Å². The van der Waals surface area contributed by atoms with Gasteiger partial charge >= 0.3 is 5.97 Å². The summed E-state index contributed by atoms with van der Waals surface area (Å²) in [7, 11) is 0. The average molecular weight is 371 g/mol. The maximum atomic E-state index is 11.8. The molecule has 0 radical (unpaired) electrons. The molecule has 0 aromatic carbocycles. The van der Waals surface area contributed by atoms with E-state index in [9.17, 15) is 9.90 Å². The number of nitrogens with zero attached hydrogens (tertiary/aromatic N) is 3. The highest BCUT2D eigenvalue weighted by molar-refractivity contribution is 7.07. The van der Waals surface area contributed by atoms with E-state index < -0.39 is 5.97 Å². The lowest BCUT2D eigenvalue weighted by atomic mass is 10.0. The van der Waals surface area contributed by atoms with Crippen LogP contribution in [0.1, 0.15) is 34.6 Å². The molecule has 1 fully saturated rings. The second-order valence-electron chi connectivity index (χ2n) is 6.60. The third-order valence-corrected chi connectivity index (χ3v) is 5.72. The van der Waals surface area contributed by atoms with Crippen LogP contribution in [-0.4, -0.2) is 51.7 Å². The summed E-state index contributed by atoms with van der Waals surface area (Å²) in [6.45, 7) is 7.15. The van der Waals surface area contributed by atoms with Crippen LogP contribution in [0.2, 0.25) is 0 Å². The first-order valence-corrected chi connectivity index (χ1v) is 9.60. The van der Waals surface area contributed by atoms with Gasteiger partial charge in [-0.15, -0.1) is 11.3 Å². The van der Waals surface area contributed by atoms with Crippen molar-refractivity contribution in [2.45, 2.75) is 19.9 Å². The molecule has 1 aliphatic heterocycles. The van der Waals surface area contributed by atoms with Gasteiger partial charge in [-0.2, -0.15) is 0 Å². The Hall–Kier alpha value is -2.22. The minimum absolute atomic E-state index is 0.0939. The Labute approximate surface area is 155 Å². The normalized spacial score (nSPS) is 16.8. The molecule has 0 spiro atoms. The van der Waals surface area contributed by atoms with Crippen molar-refractivity contribution in [2.75, 3.05) is 26.3 Å². The predicted molar refractivity (Wildman–Crippen MR) is 101 cm³/mol. The van der Waals surface area contributed by atoms with Gasteiger partial charge in [0.1, 0.15) is 0 Å². The van der Waals surface area contributed by atoms with Gasteiger partial charge in [0.15, 0.2) is 0 Å². The van der Waals surface area contributed by atoms with E-state index in [0.29, 0.717) is 18.8 Å². The maximum Gasteiger partial charge on any atom is 0.336 e. The number of carbonyl (C=O) groups is 1. The second kappa shape index (κ2) is 6.83. The fourth-order valence-electron chi connectivity index (χ4n) is 3.74. The monoisotopic (exact) mass is 371 g/mol. The van der Waals surface area contributed by atoms with Crippen LogP contribution in [0.25, 0.3) is 16.8 Å². The molecule has 0 amide bonds. The SMILES string of the molecule is Cc1c(C(=O)O)cc2cc(-c3cscn3)cn2c1C(C)N1CCOCC1. The maximum absolute atomic E-state index is 11.8. The van der Waals surface area contributed by atoms with Gasteiger partial charge in [-0.1, -0.05) is 0 Å². The highest BCUT2D eigenvalue weighted by Crippen LogP contribution is 2.31. The van der Waals surface area contributed by atoms with E-state index in [4.69, 9.17) is 4.74 Å². The van der Waals surface area contributed by atoms with Crippen molar-refractivity contribution in [1.82, 2.24) is 14.3 Å². The second-order valence-corrected chi connectivity index (χ2v) is 7.31. The van der Waals surface area contributed by atoms with Gasteiger partial charge in [-0.3, -0.25) is 4.90 Å². The molecule has 136 valence electrons. The van der Waals surface area contributed by atoms with Crippen LogP contribution in [0.15, 0.2) is 29.2 Å². The largest absolute Gasteiger partial charge is 0.478 e. The van der Waals surface area contributed by atoms with E-state index in [0.717, 1.165) is 41.1 Å². The molecule has 1 aliphatic rings. The van der Waals surface area contributed by atoms with Crippen molar-refractivity contribution >= 4 is 22.8 Å². The standard InChI is InChI=1S/C19H21N3O3S/c1-12-16(19(23)24)8-15-7-14(17-10-26-11-20-17)9-22(15)18(12)13(2)21-3-5-25-6-4-21/h7-11,13H,3-6H2,1-2H3,(H,23,24). The highest BCUT2D eigenvalue weighted by atomic mass is 32.1. The summed E-state index contributed by atoms with van der Waals surface area (Å²) in [6.07, 6.45) is 2.06. The molecule has 0 bridgehead atoms. The number of pyridine rings is 1. The predicted octanol–water partition coefficient (Wildman–Crippen LogP) is 3.46. The molecule has 1 N–H and O–H groups in total. The highest BCUT2D eigenvalue weighted by Gasteiger charge is 2.25. The van der Waals surface area contributed by atoms with Crippen molar-refractivity contribution in [3.63, 3.8) is 0 Å². The third kappa shape index (κ3) is 2.92. The molecule has 1 unspecified atom stereocenters. The van der Waals surface area contributed by atoms with Crippen LogP contribution >= 0.6 is 11.3 Å².